The Morgan fingerprint density at radius 3 is 2.56 bits per heavy atom. The van der Waals surface area contributed by atoms with Crippen LogP contribution in [0.25, 0.3) is 0 Å². The highest BCUT2D eigenvalue weighted by Crippen LogP contribution is 2.21. The first kappa shape index (κ1) is 14.9. The van der Waals surface area contributed by atoms with Crippen molar-refractivity contribution in [2.45, 2.75) is 32.4 Å². The van der Waals surface area contributed by atoms with Crippen molar-refractivity contribution in [3.63, 3.8) is 0 Å². The van der Waals surface area contributed by atoms with E-state index in [4.69, 9.17) is 10.5 Å². The van der Waals surface area contributed by atoms with Gasteiger partial charge < -0.3 is 15.6 Å². The van der Waals surface area contributed by atoms with Crippen LogP contribution in [0, 0.1) is 17.6 Å². The summed E-state index contributed by atoms with van der Waals surface area (Å²) in [7, 11) is 0. The standard InChI is InChI=1S/C13H19F2NO2/c1-8(2)6-10(16)12(7-17)18-11-5-3-4-9(14)13(11)15/h3-5,8,10,12,17H,6-7,16H2,1-2H3. The molecular weight excluding hydrogens is 240 g/mol. The van der Waals surface area contributed by atoms with E-state index in [0.717, 1.165) is 6.07 Å². The zero-order valence-corrected chi connectivity index (χ0v) is 10.6. The normalized spacial score (nSPS) is 14.6. The zero-order chi connectivity index (χ0) is 13.7. The van der Waals surface area contributed by atoms with E-state index >= 15 is 0 Å². The SMILES string of the molecule is CC(C)CC(N)C(CO)Oc1cccc(F)c1F. The van der Waals surface area contributed by atoms with Gasteiger partial charge in [-0.1, -0.05) is 19.9 Å². The summed E-state index contributed by atoms with van der Waals surface area (Å²) in [5.41, 5.74) is 5.86. The average Bonchev–Trinajstić information content (AvgIpc) is 2.30. The Morgan fingerprint density at radius 2 is 2.00 bits per heavy atom. The molecule has 2 unspecified atom stereocenters. The maximum absolute atomic E-state index is 13.4. The summed E-state index contributed by atoms with van der Waals surface area (Å²) in [6, 6.07) is 3.22. The third-order valence-electron chi connectivity index (χ3n) is 2.60. The van der Waals surface area contributed by atoms with Crippen LogP contribution >= 0.6 is 0 Å². The number of hydrogen-bond acceptors (Lipinski definition) is 3. The van der Waals surface area contributed by atoms with Gasteiger partial charge in [-0.15, -0.1) is 0 Å². The Kier molecular flexibility index (Phi) is 5.50. The Labute approximate surface area is 106 Å². The van der Waals surface area contributed by atoms with Crippen molar-refractivity contribution >= 4 is 0 Å². The molecule has 0 saturated heterocycles. The summed E-state index contributed by atoms with van der Waals surface area (Å²) in [5, 5.41) is 9.21. The van der Waals surface area contributed by atoms with E-state index in [1.54, 1.807) is 0 Å². The number of aliphatic hydroxyl groups is 1. The molecule has 0 aliphatic heterocycles. The molecule has 1 aromatic carbocycles. The molecule has 0 aromatic heterocycles. The van der Waals surface area contributed by atoms with Gasteiger partial charge in [0.1, 0.15) is 6.10 Å². The number of halogens is 2. The molecule has 18 heavy (non-hydrogen) atoms. The van der Waals surface area contributed by atoms with Crippen molar-refractivity contribution in [1.82, 2.24) is 0 Å². The lowest BCUT2D eigenvalue weighted by Gasteiger charge is -2.24. The van der Waals surface area contributed by atoms with E-state index in [1.165, 1.54) is 12.1 Å². The minimum absolute atomic E-state index is 0.228. The third-order valence-corrected chi connectivity index (χ3v) is 2.60. The van der Waals surface area contributed by atoms with Gasteiger partial charge in [-0.2, -0.15) is 4.39 Å². The lowest BCUT2D eigenvalue weighted by atomic mass is 10.0. The summed E-state index contributed by atoms with van der Waals surface area (Å²) in [5.74, 6) is -1.95. The second-order valence-corrected chi connectivity index (χ2v) is 4.68. The first-order valence-corrected chi connectivity index (χ1v) is 5.92. The molecule has 0 aliphatic rings. The first-order valence-electron chi connectivity index (χ1n) is 5.92. The van der Waals surface area contributed by atoms with E-state index < -0.39 is 23.8 Å². The first-order chi connectivity index (χ1) is 8.45. The van der Waals surface area contributed by atoms with Crippen LogP contribution < -0.4 is 10.5 Å². The zero-order valence-electron chi connectivity index (χ0n) is 10.6. The molecule has 3 N–H and O–H groups in total. The number of hydrogen-bond donors (Lipinski definition) is 2. The molecule has 2 atom stereocenters. The van der Waals surface area contributed by atoms with Gasteiger partial charge in [0.05, 0.1) is 6.61 Å². The minimum Gasteiger partial charge on any atom is -0.483 e. The van der Waals surface area contributed by atoms with Crippen LogP contribution in [-0.4, -0.2) is 23.9 Å². The largest absolute Gasteiger partial charge is 0.483 e. The maximum atomic E-state index is 13.4. The van der Waals surface area contributed by atoms with E-state index in [1.807, 2.05) is 13.8 Å². The Balaban J connectivity index is 2.76. The summed E-state index contributed by atoms with van der Waals surface area (Å²) < 4.78 is 31.6. The van der Waals surface area contributed by atoms with Crippen LogP contribution in [0.1, 0.15) is 20.3 Å². The molecule has 0 amide bonds. The highest BCUT2D eigenvalue weighted by atomic mass is 19.2. The molecule has 0 radical (unpaired) electrons. The van der Waals surface area contributed by atoms with Crippen LogP contribution in [-0.2, 0) is 0 Å². The van der Waals surface area contributed by atoms with Gasteiger partial charge >= 0.3 is 0 Å². The molecule has 102 valence electrons. The van der Waals surface area contributed by atoms with Gasteiger partial charge in [0, 0.05) is 6.04 Å². The topological polar surface area (TPSA) is 55.5 Å². The van der Waals surface area contributed by atoms with Gasteiger partial charge in [0.2, 0.25) is 5.82 Å². The molecule has 1 aromatic rings. The summed E-state index contributed by atoms with van der Waals surface area (Å²) >= 11 is 0. The quantitative estimate of drug-likeness (QED) is 0.822. The lowest BCUT2D eigenvalue weighted by molar-refractivity contribution is 0.0839. The second kappa shape index (κ2) is 6.66. The van der Waals surface area contributed by atoms with Crippen molar-refractivity contribution in [3.8, 4) is 5.75 Å². The molecule has 0 aliphatic carbocycles. The molecule has 5 heteroatoms. The Morgan fingerprint density at radius 1 is 1.33 bits per heavy atom. The van der Waals surface area contributed by atoms with Crippen LogP contribution in [0.3, 0.4) is 0 Å². The fourth-order valence-electron chi connectivity index (χ4n) is 1.69. The number of aliphatic hydroxyl groups excluding tert-OH is 1. The van der Waals surface area contributed by atoms with E-state index in [9.17, 15) is 13.9 Å². The number of ether oxygens (including phenoxy) is 1. The van der Waals surface area contributed by atoms with E-state index in [-0.39, 0.29) is 12.4 Å². The van der Waals surface area contributed by atoms with Gasteiger partial charge in [0.25, 0.3) is 0 Å². The molecule has 3 nitrogen and oxygen atoms in total. The smallest absolute Gasteiger partial charge is 0.200 e. The summed E-state index contributed by atoms with van der Waals surface area (Å²) in [4.78, 5) is 0. The summed E-state index contributed by atoms with van der Waals surface area (Å²) in [6.07, 6.45) is -0.119. The fraction of sp³-hybridized carbons (Fsp3) is 0.538. The number of nitrogens with two attached hydrogens (primary N) is 1. The second-order valence-electron chi connectivity index (χ2n) is 4.68. The monoisotopic (exact) mass is 259 g/mol. The lowest BCUT2D eigenvalue weighted by Crippen LogP contribution is -2.42. The van der Waals surface area contributed by atoms with Crippen molar-refractivity contribution < 1.29 is 18.6 Å². The average molecular weight is 259 g/mol. The number of rotatable bonds is 6. The fourth-order valence-corrected chi connectivity index (χ4v) is 1.69. The highest BCUT2D eigenvalue weighted by Gasteiger charge is 2.22. The molecule has 1 rings (SSSR count). The van der Waals surface area contributed by atoms with Crippen LogP contribution in [0.2, 0.25) is 0 Å². The van der Waals surface area contributed by atoms with Crippen LogP contribution in [0.4, 0.5) is 8.78 Å². The number of benzene rings is 1. The molecule has 0 bridgehead atoms. The Bertz CT molecular complexity index is 385. The van der Waals surface area contributed by atoms with Gasteiger partial charge in [-0.3, -0.25) is 0 Å². The van der Waals surface area contributed by atoms with Crippen molar-refractivity contribution in [3.05, 3.63) is 29.8 Å². The van der Waals surface area contributed by atoms with Crippen molar-refractivity contribution in [2.24, 2.45) is 11.7 Å². The molecular formula is C13H19F2NO2. The Hall–Kier alpha value is -1.20. The van der Waals surface area contributed by atoms with Gasteiger partial charge in [0.15, 0.2) is 11.6 Å². The van der Waals surface area contributed by atoms with Crippen molar-refractivity contribution in [1.29, 1.82) is 0 Å². The van der Waals surface area contributed by atoms with Gasteiger partial charge in [-0.05, 0) is 24.5 Å². The highest BCUT2D eigenvalue weighted by molar-refractivity contribution is 5.25. The predicted octanol–water partition coefficient (Wildman–Crippen LogP) is 2.08. The van der Waals surface area contributed by atoms with E-state index in [2.05, 4.69) is 0 Å². The van der Waals surface area contributed by atoms with E-state index in [0.29, 0.717) is 12.3 Å². The van der Waals surface area contributed by atoms with Crippen LogP contribution in [0.15, 0.2) is 18.2 Å². The molecule has 0 fully saturated rings. The molecule has 0 spiro atoms. The third kappa shape index (κ3) is 3.92. The predicted molar refractivity (Wildman–Crippen MR) is 65.3 cm³/mol. The van der Waals surface area contributed by atoms with Crippen molar-refractivity contribution in [2.75, 3.05) is 6.61 Å². The van der Waals surface area contributed by atoms with Crippen LogP contribution in [0.5, 0.6) is 5.75 Å². The molecule has 0 saturated carbocycles. The summed E-state index contributed by atoms with van der Waals surface area (Å²) in [6.45, 7) is 3.62. The van der Waals surface area contributed by atoms with Gasteiger partial charge in [-0.25, -0.2) is 4.39 Å². The minimum atomic E-state index is -1.06. The maximum Gasteiger partial charge on any atom is 0.200 e. The molecule has 0 heterocycles.